The molecule has 16 heavy (non-hydrogen) atoms. The number of phenolic OH excluding ortho intramolecular Hbond substituents is 1. The Labute approximate surface area is 92.0 Å². The van der Waals surface area contributed by atoms with E-state index >= 15 is 0 Å². The minimum absolute atomic E-state index is 0.0502. The Balaban J connectivity index is 2.96. The molecule has 0 atom stereocenters. The average Bonchev–Trinajstić information content (AvgIpc) is 2.20. The highest BCUT2D eigenvalue weighted by molar-refractivity contribution is 6.04. The van der Waals surface area contributed by atoms with Gasteiger partial charge in [-0.05, 0) is 25.1 Å². The molecule has 1 aromatic carbocycles. The second-order valence-corrected chi connectivity index (χ2v) is 3.27. The standard InChI is InChI=1S/C11H11NO4/c1-6(2)10(14)12-8-4-3-7(11(15)16)5-9(8)13/h3-5,13H,1H2,2H3,(H,12,14)(H,15,16). The van der Waals surface area contributed by atoms with Gasteiger partial charge < -0.3 is 15.5 Å². The molecule has 3 N–H and O–H groups in total. The molecule has 0 bridgehead atoms. The number of benzene rings is 1. The molecule has 0 saturated carbocycles. The number of carbonyl (C=O) groups excluding carboxylic acids is 1. The van der Waals surface area contributed by atoms with Crippen LogP contribution in [0.5, 0.6) is 5.75 Å². The summed E-state index contributed by atoms with van der Waals surface area (Å²) >= 11 is 0. The number of amides is 1. The first-order valence-corrected chi connectivity index (χ1v) is 4.45. The fourth-order valence-electron chi connectivity index (χ4n) is 0.999. The maximum absolute atomic E-state index is 11.2. The Morgan fingerprint density at radius 3 is 2.44 bits per heavy atom. The largest absolute Gasteiger partial charge is 0.506 e. The number of rotatable bonds is 3. The molecular formula is C11H11NO4. The SMILES string of the molecule is C=C(C)C(=O)Nc1ccc(C(=O)O)cc1O. The van der Waals surface area contributed by atoms with Crippen molar-refractivity contribution in [3.05, 3.63) is 35.9 Å². The van der Waals surface area contributed by atoms with Crippen molar-refractivity contribution in [1.82, 2.24) is 0 Å². The van der Waals surface area contributed by atoms with Crippen molar-refractivity contribution < 1.29 is 19.8 Å². The van der Waals surface area contributed by atoms with Gasteiger partial charge in [0.25, 0.3) is 5.91 Å². The summed E-state index contributed by atoms with van der Waals surface area (Å²) in [6.07, 6.45) is 0. The maximum atomic E-state index is 11.2. The first-order valence-electron chi connectivity index (χ1n) is 4.45. The van der Waals surface area contributed by atoms with E-state index in [-0.39, 0.29) is 17.0 Å². The van der Waals surface area contributed by atoms with E-state index in [1.807, 2.05) is 0 Å². The number of aromatic carboxylic acids is 1. The van der Waals surface area contributed by atoms with Gasteiger partial charge in [-0.2, -0.15) is 0 Å². The minimum atomic E-state index is -1.15. The number of hydrogen-bond acceptors (Lipinski definition) is 3. The Hall–Kier alpha value is -2.30. The molecule has 0 fully saturated rings. The van der Waals surface area contributed by atoms with Crippen molar-refractivity contribution in [3.63, 3.8) is 0 Å². The third-order valence-electron chi connectivity index (χ3n) is 1.88. The number of anilines is 1. The summed E-state index contributed by atoms with van der Waals surface area (Å²) in [4.78, 5) is 21.8. The van der Waals surface area contributed by atoms with Gasteiger partial charge in [-0.15, -0.1) is 0 Å². The quantitative estimate of drug-likeness (QED) is 0.534. The number of carbonyl (C=O) groups is 2. The molecule has 1 aromatic rings. The van der Waals surface area contributed by atoms with Gasteiger partial charge in [0.05, 0.1) is 11.3 Å². The third-order valence-corrected chi connectivity index (χ3v) is 1.88. The van der Waals surface area contributed by atoms with Gasteiger partial charge in [0.15, 0.2) is 0 Å². The molecule has 0 unspecified atom stereocenters. The number of carboxylic acids is 1. The highest BCUT2D eigenvalue weighted by atomic mass is 16.4. The second-order valence-electron chi connectivity index (χ2n) is 3.27. The van der Waals surface area contributed by atoms with Crippen molar-refractivity contribution in [1.29, 1.82) is 0 Å². The van der Waals surface area contributed by atoms with E-state index in [0.717, 1.165) is 6.07 Å². The molecule has 1 amide bonds. The van der Waals surface area contributed by atoms with Crippen LogP contribution < -0.4 is 5.32 Å². The van der Waals surface area contributed by atoms with E-state index in [4.69, 9.17) is 5.11 Å². The number of aromatic hydroxyl groups is 1. The summed E-state index contributed by atoms with van der Waals surface area (Å²) in [7, 11) is 0. The molecule has 0 heterocycles. The minimum Gasteiger partial charge on any atom is -0.506 e. The highest BCUT2D eigenvalue weighted by Crippen LogP contribution is 2.24. The number of nitrogens with one attached hydrogen (secondary N) is 1. The van der Waals surface area contributed by atoms with Crippen LogP contribution in [-0.4, -0.2) is 22.1 Å². The van der Waals surface area contributed by atoms with Crippen LogP contribution >= 0.6 is 0 Å². The second kappa shape index (κ2) is 4.48. The molecule has 0 aliphatic carbocycles. The fourth-order valence-corrected chi connectivity index (χ4v) is 0.999. The Morgan fingerprint density at radius 1 is 1.38 bits per heavy atom. The molecular weight excluding hydrogens is 210 g/mol. The predicted molar refractivity (Wildman–Crippen MR) is 58.5 cm³/mol. The summed E-state index contributed by atoms with van der Waals surface area (Å²) < 4.78 is 0. The zero-order valence-electron chi connectivity index (χ0n) is 8.65. The Kier molecular flexibility index (Phi) is 3.30. The Morgan fingerprint density at radius 2 is 2.00 bits per heavy atom. The maximum Gasteiger partial charge on any atom is 0.335 e. The lowest BCUT2D eigenvalue weighted by molar-refractivity contribution is -0.112. The predicted octanol–water partition coefficient (Wildman–Crippen LogP) is 1.60. The van der Waals surface area contributed by atoms with Gasteiger partial charge in [0, 0.05) is 5.57 Å². The zero-order valence-corrected chi connectivity index (χ0v) is 8.65. The van der Waals surface area contributed by atoms with Crippen LogP contribution in [0.25, 0.3) is 0 Å². The monoisotopic (exact) mass is 221 g/mol. The van der Waals surface area contributed by atoms with Crippen LogP contribution in [0.3, 0.4) is 0 Å². The molecule has 5 nitrogen and oxygen atoms in total. The van der Waals surface area contributed by atoms with Crippen molar-refractivity contribution in [2.45, 2.75) is 6.92 Å². The lowest BCUT2D eigenvalue weighted by Crippen LogP contribution is -2.12. The summed E-state index contributed by atoms with van der Waals surface area (Å²) in [6, 6.07) is 3.67. The zero-order chi connectivity index (χ0) is 12.3. The normalized spacial score (nSPS) is 9.56. The van der Waals surface area contributed by atoms with E-state index in [9.17, 15) is 14.7 Å². The molecule has 0 aliphatic heterocycles. The molecule has 1 rings (SSSR count). The van der Waals surface area contributed by atoms with Crippen LogP contribution in [0.4, 0.5) is 5.69 Å². The van der Waals surface area contributed by atoms with E-state index in [1.165, 1.54) is 19.1 Å². The molecule has 5 heteroatoms. The average molecular weight is 221 g/mol. The van der Waals surface area contributed by atoms with Crippen LogP contribution in [0.1, 0.15) is 17.3 Å². The molecule has 84 valence electrons. The molecule has 0 radical (unpaired) electrons. The van der Waals surface area contributed by atoms with Gasteiger partial charge >= 0.3 is 5.97 Å². The summed E-state index contributed by atoms with van der Waals surface area (Å²) in [5.41, 5.74) is 0.394. The van der Waals surface area contributed by atoms with Gasteiger partial charge in [-0.25, -0.2) is 4.79 Å². The first kappa shape index (κ1) is 11.8. The third kappa shape index (κ3) is 2.60. The van der Waals surface area contributed by atoms with Gasteiger partial charge in [-0.1, -0.05) is 6.58 Å². The number of hydrogen-bond donors (Lipinski definition) is 3. The summed E-state index contributed by atoms with van der Waals surface area (Å²) in [5.74, 6) is -1.87. The fraction of sp³-hybridized carbons (Fsp3) is 0.0909. The topological polar surface area (TPSA) is 86.6 Å². The lowest BCUT2D eigenvalue weighted by atomic mass is 10.2. The smallest absolute Gasteiger partial charge is 0.335 e. The van der Waals surface area contributed by atoms with Gasteiger partial charge in [-0.3, -0.25) is 4.79 Å². The molecule has 0 aliphatic rings. The number of carboxylic acid groups (broad SMARTS) is 1. The van der Waals surface area contributed by atoms with Crippen molar-refractivity contribution >= 4 is 17.6 Å². The first-order chi connectivity index (χ1) is 7.41. The molecule has 0 aromatic heterocycles. The molecule has 0 spiro atoms. The lowest BCUT2D eigenvalue weighted by Gasteiger charge is -2.07. The van der Waals surface area contributed by atoms with Crippen LogP contribution in [-0.2, 0) is 4.79 Å². The molecule has 0 saturated heterocycles. The summed E-state index contributed by atoms with van der Waals surface area (Å²) in [6.45, 7) is 4.96. The van der Waals surface area contributed by atoms with Gasteiger partial charge in [0.2, 0.25) is 0 Å². The Bertz CT molecular complexity index is 465. The highest BCUT2D eigenvalue weighted by Gasteiger charge is 2.10. The van der Waals surface area contributed by atoms with E-state index in [0.29, 0.717) is 5.57 Å². The van der Waals surface area contributed by atoms with Crippen molar-refractivity contribution in [2.24, 2.45) is 0 Å². The van der Waals surface area contributed by atoms with Crippen LogP contribution in [0, 0.1) is 0 Å². The summed E-state index contributed by atoms with van der Waals surface area (Å²) in [5, 5.41) is 20.5. The van der Waals surface area contributed by atoms with Crippen molar-refractivity contribution in [3.8, 4) is 5.75 Å². The van der Waals surface area contributed by atoms with E-state index in [2.05, 4.69) is 11.9 Å². The van der Waals surface area contributed by atoms with E-state index < -0.39 is 11.9 Å². The van der Waals surface area contributed by atoms with Crippen molar-refractivity contribution in [2.75, 3.05) is 5.32 Å². The van der Waals surface area contributed by atoms with Crippen LogP contribution in [0.2, 0.25) is 0 Å². The number of phenols is 1. The van der Waals surface area contributed by atoms with Gasteiger partial charge in [0.1, 0.15) is 5.75 Å². The van der Waals surface area contributed by atoms with E-state index in [1.54, 1.807) is 0 Å². The van der Waals surface area contributed by atoms with Crippen LogP contribution in [0.15, 0.2) is 30.4 Å².